The number of aliphatic hydroxyl groups excluding tert-OH is 1. The largest absolute Gasteiger partial charge is 0.435 e. The number of aryl methyl sites for hydroxylation is 1. The van der Waals surface area contributed by atoms with E-state index in [0.29, 0.717) is 19.0 Å². The van der Waals surface area contributed by atoms with Gasteiger partial charge in [-0.1, -0.05) is 67.6 Å². The quantitative estimate of drug-likeness (QED) is 0.313. The molecular weight excluding hydrogens is 429 g/mol. The summed E-state index contributed by atoms with van der Waals surface area (Å²) in [7, 11) is 0. The molecule has 4 rings (SSSR count). The second-order valence-corrected chi connectivity index (χ2v) is 8.31. The highest BCUT2D eigenvalue weighted by atomic mass is 19.1. The van der Waals surface area contributed by atoms with Gasteiger partial charge in [-0.3, -0.25) is 4.90 Å². The lowest BCUT2D eigenvalue weighted by Gasteiger charge is -2.25. The predicted octanol–water partition coefficient (Wildman–Crippen LogP) is 6.06. The lowest BCUT2D eigenvalue weighted by Crippen LogP contribution is -2.29. The first-order valence-corrected chi connectivity index (χ1v) is 11.6. The van der Waals surface area contributed by atoms with Gasteiger partial charge in [0.25, 0.3) is 0 Å². The van der Waals surface area contributed by atoms with Crippen molar-refractivity contribution in [3.63, 3.8) is 0 Å². The van der Waals surface area contributed by atoms with Gasteiger partial charge in [0.05, 0.1) is 23.0 Å². The molecule has 1 atom stereocenters. The van der Waals surface area contributed by atoms with Crippen LogP contribution >= 0.6 is 0 Å². The van der Waals surface area contributed by atoms with Crippen LogP contribution in [0.25, 0.3) is 5.69 Å². The van der Waals surface area contributed by atoms with E-state index >= 15 is 0 Å². The lowest BCUT2D eigenvalue weighted by molar-refractivity contribution is 0.108. The van der Waals surface area contributed by atoms with Crippen LogP contribution in [0.4, 0.5) is 4.39 Å². The van der Waals surface area contributed by atoms with Crippen LogP contribution in [-0.4, -0.2) is 32.9 Å². The molecule has 0 amide bonds. The van der Waals surface area contributed by atoms with Crippen LogP contribution in [-0.2, 0) is 6.54 Å². The van der Waals surface area contributed by atoms with Crippen LogP contribution in [0.1, 0.15) is 36.3 Å². The molecule has 0 fully saturated rings. The van der Waals surface area contributed by atoms with E-state index in [9.17, 15) is 9.50 Å². The third kappa shape index (κ3) is 5.53. The number of benzene rings is 3. The summed E-state index contributed by atoms with van der Waals surface area (Å²) in [5.74, 6) is 0.188. The molecule has 6 heteroatoms. The SMILES string of the molecule is CCCN(Cc1c(C)nn(-c2ccccc2)c1Oc1ccccc1F)CC(O)c1ccccc1. The van der Waals surface area contributed by atoms with E-state index in [1.165, 1.54) is 6.07 Å². The summed E-state index contributed by atoms with van der Waals surface area (Å²) in [5, 5.41) is 15.6. The summed E-state index contributed by atoms with van der Waals surface area (Å²) in [6.07, 6.45) is 0.310. The van der Waals surface area contributed by atoms with Crippen molar-refractivity contribution in [3.8, 4) is 17.3 Å². The number of rotatable bonds is 10. The number of nitrogens with zero attached hydrogens (tertiary/aromatic N) is 3. The fourth-order valence-corrected chi connectivity index (χ4v) is 4.00. The van der Waals surface area contributed by atoms with Gasteiger partial charge in [0, 0.05) is 13.1 Å². The maximum atomic E-state index is 14.5. The molecule has 176 valence electrons. The van der Waals surface area contributed by atoms with Crippen LogP contribution in [0.5, 0.6) is 11.6 Å². The van der Waals surface area contributed by atoms with Gasteiger partial charge in [-0.05, 0) is 49.7 Å². The Kier molecular flexibility index (Phi) is 7.72. The van der Waals surface area contributed by atoms with Gasteiger partial charge < -0.3 is 9.84 Å². The zero-order valence-electron chi connectivity index (χ0n) is 19.6. The number of ether oxygens (including phenoxy) is 1. The fourth-order valence-electron chi connectivity index (χ4n) is 4.00. The van der Waals surface area contributed by atoms with Gasteiger partial charge in [0.1, 0.15) is 0 Å². The second kappa shape index (κ2) is 11.1. The summed E-state index contributed by atoms with van der Waals surface area (Å²) in [4.78, 5) is 2.19. The second-order valence-electron chi connectivity index (χ2n) is 8.31. The molecule has 0 bridgehead atoms. The number of hydrogen-bond acceptors (Lipinski definition) is 4. The topological polar surface area (TPSA) is 50.5 Å². The van der Waals surface area contributed by atoms with Crippen LogP contribution in [0.2, 0.25) is 0 Å². The number of aliphatic hydroxyl groups is 1. The van der Waals surface area contributed by atoms with Crippen molar-refractivity contribution < 1.29 is 14.2 Å². The van der Waals surface area contributed by atoms with E-state index in [2.05, 4.69) is 11.8 Å². The molecule has 1 aromatic heterocycles. The van der Waals surface area contributed by atoms with E-state index in [1.807, 2.05) is 67.6 Å². The number of halogens is 1. The van der Waals surface area contributed by atoms with Crippen LogP contribution in [0, 0.1) is 12.7 Å². The fraction of sp³-hybridized carbons (Fsp3) is 0.250. The predicted molar refractivity (Wildman–Crippen MR) is 132 cm³/mol. The number of aromatic nitrogens is 2. The summed E-state index contributed by atoms with van der Waals surface area (Å²) >= 11 is 0. The van der Waals surface area contributed by atoms with E-state index in [-0.39, 0.29) is 5.75 Å². The minimum Gasteiger partial charge on any atom is -0.435 e. The van der Waals surface area contributed by atoms with E-state index in [0.717, 1.165) is 35.5 Å². The smallest absolute Gasteiger partial charge is 0.227 e. The molecule has 5 nitrogen and oxygen atoms in total. The molecule has 0 aliphatic heterocycles. The molecule has 0 saturated carbocycles. The lowest BCUT2D eigenvalue weighted by atomic mass is 10.1. The molecule has 1 N–H and O–H groups in total. The van der Waals surface area contributed by atoms with E-state index in [1.54, 1.807) is 22.9 Å². The van der Waals surface area contributed by atoms with Gasteiger partial charge >= 0.3 is 0 Å². The maximum absolute atomic E-state index is 14.5. The molecule has 34 heavy (non-hydrogen) atoms. The monoisotopic (exact) mass is 459 g/mol. The molecule has 0 spiro atoms. The van der Waals surface area contributed by atoms with Crippen LogP contribution < -0.4 is 4.74 Å². The van der Waals surface area contributed by atoms with Crippen molar-refractivity contribution in [1.82, 2.24) is 14.7 Å². The van der Waals surface area contributed by atoms with Crippen molar-refractivity contribution >= 4 is 0 Å². The van der Waals surface area contributed by atoms with Gasteiger partial charge in [0.2, 0.25) is 5.88 Å². The normalized spacial score (nSPS) is 12.1. The van der Waals surface area contributed by atoms with Crippen LogP contribution in [0.15, 0.2) is 84.9 Å². The Balaban J connectivity index is 1.69. The first-order valence-electron chi connectivity index (χ1n) is 11.6. The van der Waals surface area contributed by atoms with Crippen molar-refractivity contribution in [2.75, 3.05) is 13.1 Å². The Labute approximate surface area is 200 Å². The van der Waals surface area contributed by atoms with Gasteiger partial charge in [-0.25, -0.2) is 9.07 Å². The summed E-state index contributed by atoms with van der Waals surface area (Å²) in [6.45, 7) is 5.81. The Bertz CT molecular complexity index is 1200. The molecule has 3 aromatic carbocycles. The van der Waals surface area contributed by atoms with Gasteiger partial charge in [-0.2, -0.15) is 5.10 Å². The van der Waals surface area contributed by atoms with Gasteiger partial charge in [0.15, 0.2) is 11.6 Å². The third-order valence-electron chi connectivity index (χ3n) is 5.72. The molecule has 1 heterocycles. The number of hydrogen-bond donors (Lipinski definition) is 1. The third-order valence-corrected chi connectivity index (χ3v) is 5.72. The standard InChI is InChI=1S/C28H30FN3O2/c1-3-18-31(20-26(33)22-12-6-4-7-13-22)19-24-21(2)30-32(23-14-8-5-9-15-23)28(24)34-27-17-11-10-16-25(27)29/h4-17,26,33H,3,18-20H2,1-2H3. The average molecular weight is 460 g/mol. The van der Waals surface area contributed by atoms with Crippen molar-refractivity contribution in [2.45, 2.75) is 32.9 Å². The summed E-state index contributed by atoms with van der Waals surface area (Å²) in [5.41, 5.74) is 3.36. The molecule has 0 radical (unpaired) electrons. The molecule has 0 aliphatic rings. The Hall–Kier alpha value is -3.48. The Morgan fingerprint density at radius 1 is 0.971 bits per heavy atom. The van der Waals surface area contributed by atoms with Crippen LogP contribution in [0.3, 0.4) is 0 Å². The minimum absolute atomic E-state index is 0.146. The zero-order chi connectivity index (χ0) is 23.9. The average Bonchev–Trinajstić information content (AvgIpc) is 3.16. The minimum atomic E-state index is -0.617. The summed E-state index contributed by atoms with van der Waals surface area (Å²) in [6, 6.07) is 25.7. The first kappa shape index (κ1) is 23.7. The Morgan fingerprint density at radius 3 is 2.29 bits per heavy atom. The zero-order valence-corrected chi connectivity index (χ0v) is 19.6. The highest BCUT2D eigenvalue weighted by Gasteiger charge is 2.23. The molecule has 1 unspecified atom stereocenters. The van der Waals surface area contributed by atoms with Gasteiger partial charge in [-0.15, -0.1) is 0 Å². The molecule has 0 aliphatic carbocycles. The Morgan fingerprint density at radius 2 is 1.62 bits per heavy atom. The van der Waals surface area contributed by atoms with Crippen molar-refractivity contribution in [2.24, 2.45) is 0 Å². The molecule has 0 saturated heterocycles. The molecular formula is C28H30FN3O2. The van der Waals surface area contributed by atoms with E-state index < -0.39 is 11.9 Å². The van der Waals surface area contributed by atoms with Crippen molar-refractivity contribution in [3.05, 3.63) is 108 Å². The first-order chi connectivity index (χ1) is 16.6. The van der Waals surface area contributed by atoms with E-state index in [4.69, 9.17) is 9.84 Å². The highest BCUT2D eigenvalue weighted by molar-refractivity contribution is 5.43. The molecule has 4 aromatic rings. The number of para-hydroxylation sites is 2. The maximum Gasteiger partial charge on any atom is 0.227 e. The summed E-state index contributed by atoms with van der Waals surface area (Å²) < 4.78 is 22.4. The highest BCUT2D eigenvalue weighted by Crippen LogP contribution is 2.33. The van der Waals surface area contributed by atoms with Crippen molar-refractivity contribution in [1.29, 1.82) is 0 Å².